The number of anilines is 2. The number of rotatable bonds is 5. The van der Waals surface area contributed by atoms with Crippen molar-refractivity contribution in [2.45, 2.75) is 13.8 Å². The number of ether oxygens (including phenoxy) is 3. The predicted molar refractivity (Wildman–Crippen MR) is 138 cm³/mol. The van der Waals surface area contributed by atoms with Gasteiger partial charge in [0.2, 0.25) is 6.79 Å². The number of hydrogen-bond acceptors (Lipinski definition) is 6. The molecule has 5 rings (SSSR count). The van der Waals surface area contributed by atoms with Gasteiger partial charge < -0.3 is 24.8 Å². The molecule has 0 atom stereocenters. The van der Waals surface area contributed by atoms with E-state index in [1.165, 1.54) is 11.8 Å². The van der Waals surface area contributed by atoms with E-state index in [1.807, 2.05) is 32.0 Å². The standard InChI is InChI=1S/C27H24N4O6/c1-15-9-16(2)11-19(10-15)29-25(32)20-12-17-5-4-6-22(35-3)24(17)31(20)30-27(34)26(33)28-18-7-8-21-23(13-18)37-14-36-21/h4-13H,14H2,1-3H3,(H,28,33)(H,29,32)(H,30,34). The highest BCUT2D eigenvalue weighted by atomic mass is 16.7. The average Bonchev–Trinajstić information content (AvgIpc) is 3.47. The summed E-state index contributed by atoms with van der Waals surface area (Å²) in [5, 5.41) is 6.04. The number of para-hydroxylation sites is 1. The average molecular weight is 501 g/mol. The maximum absolute atomic E-state index is 13.3. The Bertz CT molecular complexity index is 1540. The third-order valence-electron chi connectivity index (χ3n) is 5.77. The summed E-state index contributed by atoms with van der Waals surface area (Å²) in [5.41, 5.74) is 6.03. The van der Waals surface area contributed by atoms with Crippen LogP contribution in [0.2, 0.25) is 0 Å². The lowest BCUT2D eigenvalue weighted by Gasteiger charge is -2.14. The quantitative estimate of drug-likeness (QED) is 0.357. The smallest absolute Gasteiger partial charge is 0.328 e. The fraction of sp³-hybridized carbons (Fsp3) is 0.148. The van der Waals surface area contributed by atoms with Crippen molar-refractivity contribution in [3.8, 4) is 17.2 Å². The van der Waals surface area contributed by atoms with E-state index in [-0.39, 0.29) is 12.5 Å². The minimum Gasteiger partial charge on any atom is -0.494 e. The molecule has 0 unspecified atom stereocenters. The molecule has 1 aromatic heterocycles. The first kappa shape index (κ1) is 23.7. The van der Waals surface area contributed by atoms with Gasteiger partial charge in [-0.25, -0.2) is 4.68 Å². The number of amides is 3. The van der Waals surface area contributed by atoms with Crippen molar-refractivity contribution < 1.29 is 28.6 Å². The first-order chi connectivity index (χ1) is 17.8. The molecule has 1 aliphatic rings. The van der Waals surface area contributed by atoms with Crippen LogP contribution in [0.5, 0.6) is 17.2 Å². The number of nitrogens with one attached hydrogen (secondary N) is 3. The molecule has 3 aromatic carbocycles. The van der Waals surface area contributed by atoms with Gasteiger partial charge in [0.15, 0.2) is 11.5 Å². The van der Waals surface area contributed by atoms with Gasteiger partial charge in [0.05, 0.1) is 7.11 Å². The van der Waals surface area contributed by atoms with Crippen LogP contribution in [0.25, 0.3) is 10.9 Å². The van der Waals surface area contributed by atoms with E-state index in [4.69, 9.17) is 14.2 Å². The van der Waals surface area contributed by atoms with Crippen LogP contribution in [0.3, 0.4) is 0 Å². The number of aromatic nitrogens is 1. The summed E-state index contributed by atoms with van der Waals surface area (Å²) in [6.45, 7) is 3.95. The predicted octanol–water partition coefficient (Wildman–Crippen LogP) is 3.96. The van der Waals surface area contributed by atoms with E-state index in [1.54, 1.807) is 42.5 Å². The lowest BCUT2D eigenvalue weighted by molar-refractivity contribution is -0.133. The van der Waals surface area contributed by atoms with E-state index in [9.17, 15) is 14.4 Å². The molecule has 188 valence electrons. The van der Waals surface area contributed by atoms with Crippen LogP contribution in [0.4, 0.5) is 11.4 Å². The van der Waals surface area contributed by atoms with Gasteiger partial charge in [0, 0.05) is 22.8 Å². The summed E-state index contributed by atoms with van der Waals surface area (Å²) in [5.74, 6) is -0.963. The molecular formula is C27H24N4O6. The van der Waals surface area contributed by atoms with Gasteiger partial charge >= 0.3 is 11.8 Å². The number of benzene rings is 3. The first-order valence-electron chi connectivity index (χ1n) is 11.4. The Kier molecular flexibility index (Phi) is 6.14. The monoisotopic (exact) mass is 500 g/mol. The maximum Gasteiger partial charge on any atom is 0.328 e. The van der Waals surface area contributed by atoms with Crippen LogP contribution in [0.15, 0.2) is 60.7 Å². The molecule has 0 bridgehead atoms. The normalized spacial score (nSPS) is 11.8. The van der Waals surface area contributed by atoms with Crippen LogP contribution in [0.1, 0.15) is 21.6 Å². The van der Waals surface area contributed by atoms with E-state index < -0.39 is 17.7 Å². The van der Waals surface area contributed by atoms with Crippen LogP contribution in [-0.4, -0.2) is 36.3 Å². The lowest BCUT2D eigenvalue weighted by atomic mass is 10.1. The molecule has 4 aromatic rings. The third kappa shape index (κ3) is 4.76. The first-order valence-corrected chi connectivity index (χ1v) is 11.4. The van der Waals surface area contributed by atoms with Crippen LogP contribution in [-0.2, 0) is 9.59 Å². The topological polar surface area (TPSA) is 120 Å². The number of aryl methyl sites for hydroxylation is 2. The SMILES string of the molecule is COc1cccc2cc(C(=O)Nc3cc(C)cc(C)c3)n(NC(=O)C(=O)Nc3ccc4c(c3)OCO4)c12. The second-order valence-corrected chi connectivity index (χ2v) is 8.56. The molecule has 3 amide bonds. The molecular weight excluding hydrogens is 476 g/mol. The zero-order valence-corrected chi connectivity index (χ0v) is 20.4. The van der Waals surface area contributed by atoms with Gasteiger partial charge in [0.25, 0.3) is 5.91 Å². The molecule has 0 spiro atoms. The second-order valence-electron chi connectivity index (χ2n) is 8.56. The van der Waals surface area contributed by atoms with Gasteiger partial charge in [-0.2, -0.15) is 0 Å². The molecule has 0 saturated carbocycles. The Labute approximate surface area is 212 Å². The number of carbonyl (C=O) groups excluding carboxylic acids is 3. The summed E-state index contributed by atoms with van der Waals surface area (Å²) in [4.78, 5) is 39.0. The Balaban J connectivity index is 1.44. The van der Waals surface area contributed by atoms with Gasteiger partial charge in [-0.15, -0.1) is 0 Å². The molecule has 2 heterocycles. The highest BCUT2D eigenvalue weighted by molar-refractivity contribution is 6.42. The summed E-state index contributed by atoms with van der Waals surface area (Å²) < 4.78 is 17.3. The number of methoxy groups -OCH3 is 1. The summed E-state index contributed by atoms with van der Waals surface area (Å²) in [6, 6.07) is 17.3. The van der Waals surface area contributed by atoms with Gasteiger partial charge in [0.1, 0.15) is 17.0 Å². The highest BCUT2D eigenvalue weighted by Crippen LogP contribution is 2.34. The van der Waals surface area contributed by atoms with Crippen molar-refractivity contribution in [1.29, 1.82) is 0 Å². The fourth-order valence-electron chi connectivity index (χ4n) is 4.23. The van der Waals surface area contributed by atoms with Crippen molar-refractivity contribution >= 4 is 40.0 Å². The fourth-order valence-corrected chi connectivity index (χ4v) is 4.23. The third-order valence-corrected chi connectivity index (χ3v) is 5.77. The van der Waals surface area contributed by atoms with Crippen molar-refractivity contribution in [3.63, 3.8) is 0 Å². The van der Waals surface area contributed by atoms with E-state index in [0.29, 0.717) is 39.5 Å². The molecule has 0 aliphatic carbocycles. The highest BCUT2D eigenvalue weighted by Gasteiger charge is 2.23. The minimum absolute atomic E-state index is 0.0860. The Morgan fingerprint density at radius 2 is 1.59 bits per heavy atom. The molecule has 0 saturated heterocycles. The number of nitrogens with zero attached hydrogens (tertiary/aromatic N) is 1. The van der Waals surface area contributed by atoms with Crippen molar-refractivity contribution in [3.05, 3.63) is 77.5 Å². The molecule has 3 N–H and O–H groups in total. The van der Waals surface area contributed by atoms with E-state index >= 15 is 0 Å². The summed E-state index contributed by atoms with van der Waals surface area (Å²) >= 11 is 0. The lowest BCUT2D eigenvalue weighted by Crippen LogP contribution is -2.36. The van der Waals surface area contributed by atoms with Gasteiger partial charge in [-0.05, 0) is 61.4 Å². The number of hydrogen-bond donors (Lipinski definition) is 3. The maximum atomic E-state index is 13.3. The van der Waals surface area contributed by atoms with E-state index in [2.05, 4.69) is 16.1 Å². The van der Waals surface area contributed by atoms with Crippen LogP contribution in [0, 0.1) is 13.8 Å². The van der Waals surface area contributed by atoms with Gasteiger partial charge in [-0.1, -0.05) is 18.2 Å². The van der Waals surface area contributed by atoms with Crippen molar-refractivity contribution in [1.82, 2.24) is 4.68 Å². The van der Waals surface area contributed by atoms with Gasteiger partial charge in [-0.3, -0.25) is 19.8 Å². The molecule has 10 heteroatoms. The van der Waals surface area contributed by atoms with E-state index in [0.717, 1.165) is 11.1 Å². The molecule has 37 heavy (non-hydrogen) atoms. The summed E-state index contributed by atoms with van der Waals surface area (Å²) in [6.07, 6.45) is 0. The Morgan fingerprint density at radius 3 is 2.35 bits per heavy atom. The molecule has 0 radical (unpaired) electrons. The van der Waals surface area contributed by atoms with Crippen molar-refractivity contribution in [2.75, 3.05) is 30.0 Å². The largest absolute Gasteiger partial charge is 0.494 e. The Morgan fingerprint density at radius 1 is 0.838 bits per heavy atom. The van der Waals surface area contributed by atoms with Crippen molar-refractivity contribution in [2.24, 2.45) is 0 Å². The van der Waals surface area contributed by atoms with Crippen LogP contribution < -0.4 is 30.3 Å². The number of fused-ring (bicyclic) bond motifs is 2. The zero-order valence-electron chi connectivity index (χ0n) is 20.4. The molecule has 10 nitrogen and oxygen atoms in total. The number of carbonyl (C=O) groups is 3. The zero-order chi connectivity index (χ0) is 26.1. The minimum atomic E-state index is -0.985. The molecule has 1 aliphatic heterocycles. The second kappa shape index (κ2) is 9.57. The summed E-state index contributed by atoms with van der Waals surface area (Å²) in [7, 11) is 1.48. The molecule has 0 fully saturated rings. The van der Waals surface area contributed by atoms with Crippen LogP contribution >= 0.6 is 0 Å². The Hall–Kier alpha value is -4.99.